The van der Waals surface area contributed by atoms with Gasteiger partial charge in [0.2, 0.25) is 0 Å². The van der Waals surface area contributed by atoms with E-state index in [2.05, 4.69) is 10.3 Å². The topological polar surface area (TPSA) is 30.9 Å². The summed E-state index contributed by atoms with van der Waals surface area (Å²) in [5.41, 5.74) is 1.15. The predicted octanol–water partition coefficient (Wildman–Crippen LogP) is 3.20. The van der Waals surface area contributed by atoms with Crippen molar-refractivity contribution in [2.75, 3.05) is 40.3 Å². The molecule has 0 amide bonds. The van der Waals surface area contributed by atoms with Gasteiger partial charge in [-0.15, -0.1) is 24.0 Å². The molecule has 0 unspecified atom stereocenters. The summed E-state index contributed by atoms with van der Waals surface area (Å²) in [6, 6.07) is 9.95. The van der Waals surface area contributed by atoms with Gasteiger partial charge in [0.05, 0.1) is 13.1 Å². The van der Waals surface area contributed by atoms with Crippen LogP contribution in [-0.2, 0) is 6.54 Å². The normalized spacial score (nSPS) is 12.0. The zero-order valence-electron chi connectivity index (χ0n) is 14.3. The van der Waals surface area contributed by atoms with E-state index in [1.54, 1.807) is 0 Å². The molecule has 1 aromatic carbocycles. The molecule has 0 heterocycles. The van der Waals surface area contributed by atoms with E-state index in [9.17, 15) is 13.2 Å². The molecular weight excluding hydrogens is 432 g/mol. The lowest BCUT2D eigenvalue weighted by molar-refractivity contribution is -0.142. The molecular formula is C16H26F3IN4. The molecule has 0 spiro atoms. The van der Waals surface area contributed by atoms with Gasteiger partial charge < -0.3 is 10.2 Å². The van der Waals surface area contributed by atoms with Gasteiger partial charge in [0.25, 0.3) is 0 Å². The van der Waals surface area contributed by atoms with Crippen molar-refractivity contribution in [2.45, 2.75) is 19.6 Å². The second-order valence-corrected chi connectivity index (χ2v) is 5.43. The number of likely N-dealkylation sites (N-methyl/N-ethyl adjacent to an activating group) is 1. The van der Waals surface area contributed by atoms with Gasteiger partial charge in [-0.05, 0) is 19.5 Å². The van der Waals surface area contributed by atoms with Crippen molar-refractivity contribution in [3.05, 3.63) is 35.9 Å². The fraction of sp³-hybridized carbons (Fsp3) is 0.562. The minimum atomic E-state index is -4.17. The molecule has 1 N–H and O–H groups in total. The Labute approximate surface area is 159 Å². The number of hydrogen-bond donors (Lipinski definition) is 1. The van der Waals surface area contributed by atoms with Gasteiger partial charge in [-0.2, -0.15) is 13.2 Å². The summed E-state index contributed by atoms with van der Waals surface area (Å²) in [4.78, 5) is 7.59. The molecule has 24 heavy (non-hydrogen) atoms. The first-order chi connectivity index (χ1) is 10.8. The largest absolute Gasteiger partial charge is 0.401 e. The monoisotopic (exact) mass is 458 g/mol. The summed E-state index contributed by atoms with van der Waals surface area (Å²) in [5.74, 6) is 0.691. The molecule has 0 atom stereocenters. The first-order valence-electron chi connectivity index (χ1n) is 7.60. The van der Waals surface area contributed by atoms with Crippen LogP contribution in [0, 0.1) is 0 Å². The van der Waals surface area contributed by atoms with Gasteiger partial charge in [-0.3, -0.25) is 9.89 Å². The van der Waals surface area contributed by atoms with Crippen LogP contribution in [0.5, 0.6) is 0 Å². The number of hydrogen-bond acceptors (Lipinski definition) is 2. The van der Waals surface area contributed by atoms with Crippen LogP contribution in [0.25, 0.3) is 0 Å². The van der Waals surface area contributed by atoms with Crippen LogP contribution in [0.15, 0.2) is 35.3 Å². The van der Waals surface area contributed by atoms with Gasteiger partial charge in [0.1, 0.15) is 0 Å². The standard InChI is InChI=1S/C16H25F3N4.HI/c1-4-20-15(21-10-11-22(2)13-16(17,18)19)23(3)12-14-8-6-5-7-9-14;/h5-9H,4,10-13H2,1-3H3,(H,20,21);1H. The average Bonchev–Trinajstić information content (AvgIpc) is 2.45. The molecule has 0 aliphatic heterocycles. The van der Waals surface area contributed by atoms with E-state index in [1.807, 2.05) is 49.2 Å². The van der Waals surface area contributed by atoms with Crippen LogP contribution in [-0.4, -0.2) is 62.2 Å². The number of alkyl halides is 3. The number of nitrogens with one attached hydrogen (secondary N) is 1. The molecule has 0 fully saturated rings. The quantitative estimate of drug-likeness (QED) is 0.387. The maximum absolute atomic E-state index is 12.3. The van der Waals surface area contributed by atoms with E-state index in [0.717, 1.165) is 5.56 Å². The third-order valence-electron chi connectivity index (χ3n) is 3.15. The Bertz CT molecular complexity index is 480. The molecule has 0 radical (unpaired) electrons. The van der Waals surface area contributed by atoms with E-state index in [-0.39, 0.29) is 30.5 Å². The first kappa shape index (κ1) is 23.0. The highest BCUT2D eigenvalue weighted by molar-refractivity contribution is 14.0. The van der Waals surface area contributed by atoms with Gasteiger partial charge >= 0.3 is 6.18 Å². The zero-order valence-corrected chi connectivity index (χ0v) is 16.6. The van der Waals surface area contributed by atoms with Crippen molar-refractivity contribution in [1.82, 2.24) is 15.1 Å². The first-order valence-corrected chi connectivity index (χ1v) is 7.60. The fourth-order valence-electron chi connectivity index (χ4n) is 2.11. The summed E-state index contributed by atoms with van der Waals surface area (Å²) >= 11 is 0. The fourth-order valence-corrected chi connectivity index (χ4v) is 2.11. The molecule has 1 aromatic rings. The Hall–Kier alpha value is -1.03. The Balaban J connectivity index is 0.00000529. The molecule has 0 aliphatic carbocycles. The smallest absolute Gasteiger partial charge is 0.357 e. The summed E-state index contributed by atoms with van der Waals surface area (Å²) in [6.45, 7) is 3.00. The van der Waals surface area contributed by atoms with Crippen molar-refractivity contribution < 1.29 is 13.2 Å². The van der Waals surface area contributed by atoms with Crippen LogP contribution >= 0.6 is 24.0 Å². The molecule has 0 bridgehead atoms. The number of benzene rings is 1. The second-order valence-electron chi connectivity index (χ2n) is 5.43. The van der Waals surface area contributed by atoms with E-state index in [4.69, 9.17) is 0 Å². The van der Waals surface area contributed by atoms with Gasteiger partial charge in [0, 0.05) is 26.7 Å². The van der Waals surface area contributed by atoms with E-state index >= 15 is 0 Å². The van der Waals surface area contributed by atoms with E-state index < -0.39 is 12.7 Å². The van der Waals surface area contributed by atoms with Gasteiger partial charge in [-0.25, -0.2) is 0 Å². The van der Waals surface area contributed by atoms with Crippen LogP contribution < -0.4 is 5.32 Å². The molecule has 0 saturated heterocycles. The summed E-state index contributed by atoms with van der Waals surface area (Å²) < 4.78 is 36.9. The Morgan fingerprint density at radius 3 is 2.33 bits per heavy atom. The Kier molecular flexibility index (Phi) is 11.0. The summed E-state index contributed by atoms with van der Waals surface area (Å²) in [6.07, 6.45) is -4.17. The number of nitrogens with zero attached hydrogens (tertiary/aromatic N) is 3. The molecule has 1 rings (SSSR count). The minimum absolute atomic E-state index is 0. The summed E-state index contributed by atoms with van der Waals surface area (Å²) in [5, 5.41) is 3.16. The lowest BCUT2D eigenvalue weighted by Gasteiger charge is -2.23. The number of aliphatic imine (C=N–C) groups is 1. The van der Waals surface area contributed by atoms with Crippen LogP contribution in [0.1, 0.15) is 12.5 Å². The third-order valence-corrected chi connectivity index (χ3v) is 3.15. The maximum Gasteiger partial charge on any atom is 0.401 e. The highest BCUT2D eigenvalue weighted by Gasteiger charge is 2.28. The van der Waals surface area contributed by atoms with Gasteiger partial charge in [-0.1, -0.05) is 30.3 Å². The molecule has 0 saturated carbocycles. The molecule has 0 aliphatic rings. The van der Waals surface area contributed by atoms with Crippen molar-refractivity contribution in [3.63, 3.8) is 0 Å². The van der Waals surface area contributed by atoms with Crippen LogP contribution in [0.2, 0.25) is 0 Å². The highest BCUT2D eigenvalue weighted by atomic mass is 127. The molecule has 0 aromatic heterocycles. The van der Waals surface area contributed by atoms with E-state index in [1.165, 1.54) is 11.9 Å². The third kappa shape index (κ3) is 9.96. The van der Waals surface area contributed by atoms with Crippen LogP contribution in [0.3, 0.4) is 0 Å². The molecule has 138 valence electrons. The van der Waals surface area contributed by atoms with Crippen LogP contribution in [0.4, 0.5) is 13.2 Å². The maximum atomic E-state index is 12.3. The number of rotatable bonds is 7. The molecule has 4 nitrogen and oxygen atoms in total. The Morgan fingerprint density at radius 2 is 1.79 bits per heavy atom. The Morgan fingerprint density at radius 1 is 1.17 bits per heavy atom. The minimum Gasteiger partial charge on any atom is -0.357 e. The van der Waals surface area contributed by atoms with Crippen molar-refractivity contribution >= 4 is 29.9 Å². The number of halogens is 4. The SMILES string of the molecule is CCNC(=NCCN(C)CC(F)(F)F)N(C)Cc1ccccc1.I. The van der Waals surface area contributed by atoms with Crippen molar-refractivity contribution in [1.29, 1.82) is 0 Å². The summed E-state index contributed by atoms with van der Waals surface area (Å²) in [7, 11) is 3.36. The predicted molar refractivity (Wildman–Crippen MR) is 103 cm³/mol. The highest BCUT2D eigenvalue weighted by Crippen LogP contribution is 2.15. The average molecular weight is 458 g/mol. The van der Waals surface area contributed by atoms with Crippen molar-refractivity contribution in [2.24, 2.45) is 4.99 Å². The lowest BCUT2D eigenvalue weighted by Crippen LogP contribution is -2.39. The zero-order chi connectivity index (χ0) is 17.3. The second kappa shape index (κ2) is 11.5. The van der Waals surface area contributed by atoms with Crippen molar-refractivity contribution in [3.8, 4) is 0 Å². The van der Waals surface area contributed by atoms with E-state index in [0.29, 0.717) is 25.6 Å². The number of guanidine groups is 1. The molecule has 8 heteroatoms. The van der Waals surface area contributed by atoms with Gasteiger partial charge in [0.15, 0.2) is 5.96 Å². The lowest BCUT2D eigenvalue weighted by atomic mass is 10.2.